The molecule has 1 heterocycles. The predicted octanol–water partition coefficient (Wildman–Crippen LogP) is 3.51. The molecule has 3 rings (SSSR count). The van der Waals surface area contributed by atoms with E-state index < -0.39 is 0 Å². The number of rotatable bonds is 4. The second-order valence-corrected chi connectivity index (χ2v) is 6.58. The van der Waals surface area contributed by atoms with Crippen LogP contribution in [0.3, 0.4) is 0 Å². The molecule has 0 radical (unpaired) electrons. The molecule has 0 atom stereocenters. The van der Waals surface area contributed by atoms with E-state index in [1.807, 2.05) is 69.2 Å². The third-order valence-corrected chi connectivity index (χ3v) is 4.20. The van der Waals surface area contributed by atoms with Gasteiger partial charge in [0.25, 0.3) is 5.91 Å². The average molecular weight is 349 g/mol. The van der Waals surface area contributed by atoms with Gasteiger partial charge in [0.2, 0.25) is 0 Å². The summed E-state index contributed by atoms with van der Waals surface area (Å²) < 4.78 is 0. The molecular weight excluding hydrogens is 326 g/mol. The highest BCUT2D eigenvalue weighted by molar-refractivity contribution is 6.05. The Hall–Kier alpha value is -3.15. The van der Waals surface area contributed by atoms with Crippen LogP contribution in [0.25, 0.3) is 5.69 Å². The van der Waals surface area contributed by atoms with Crippen LogP contribution in [0.2, 0.25) is 0 Å². The van der Waals surface area contributed by atoms with Crippen molar-refractivity contribution in [1.29, 1.82) is 0 Å². The predicted molar refractivity (Wildman–Crippen MR) is 104 cm³/mol. The normalized spacial score (nSPS) is 10.7. The molecule has 0 saturated carbocycles. The van der Waals surface area contributed by atoms with Crippen molar-refractivity contribution >= 4 is 17.3 Å². The Labute approximate surface area is 153 Å². The lowest BCUT2D eigenvalue weighted by atomic mass is 10.1. The fraction of sp³-hybridized carbons (Fsp3) is 0.250. The maximum absolute atomic E-state index is 12.7. The molecule has 0 spiro atoms. The van der Waals surface area contributed by atoms with Crippen LogP contribution in [-0.4, -0.2) is 35.0 Å². The van der Waals surface area contributed by atoms with E-state index in [0.29, 0.717) is 11.4 Å². The van der Waals surface area contributed by atoms with Crippen molar-refractivity contribution in [2.75, 3.05) is 24.3 Å². The molecule has 0 aliphatic heterocycles. The SMILES string of the molecule is Cc1ccc(-n2nc(C)c(C(=O)Nc3ccccc3N(C)C)n2)c(C)c1. The standard InChI is InChI=1S/C20H23N5O/c1-13-10-11-17(14(2)12-13)25-22-15(3)19(23-25)20(26)21-16-8-6-7-9-18(16)24(4)5/h6-12H,1-5H3,(H,21,26). The number of aromatic nitrogens is 3. The molecule has 0 saturated heterocycles. The van der Waals surface area contributed by atoms with Gasteiger partial charge in [-0.15, -0.1) is 5.10 Å². The maximum Gasteiger partial charge on any atom is 0.278 e. The highest BCUT2D eigenvalue weighted by atomic mass is 16.2. The summed E-state index contributed by atoms with van der Waals surface area (Å²) >= 11 is 0. The highest BCUT2D eigenvalue weighted by Crippen LogP contribution is 2.24. The molecule has 0 aliphatic carbocycles. The second-order valence-electron chi connectivity index (χ2n) is 6.58. The second kappa shape index (κ2) is 7.00. The summed E-state index contributed by atoms with van der Waals surface area (Å²) in [6, 6.07) is 13.7. The zero-order valence-electron chi connectivity index (χ0n) is 15.7. The molecule has 2 aromatic carbocycles. The third kappa shape index (κ3) is 3.44. The first kappa shape index (κ1) is 17.7. The summed E-state index contributed by atoms with van der Waals surface area (Å²) in [6.45, 7) is 5.84. The summed E-state index contributed by atoms with van der Waals surface area (Å²) in [5.41, 5.74) is 5.68. The Balaban J connectivity index is 1.91. The van der Waals surface area contributed by atoms with Gasteiger partial charge in [0, 0.05) is 14.1 Å². The van der Waals surface area contributed by atoms with E-state index in [0.717, 1.165) is 22.6 Å². The number of nitrogens with one attached hydrogen (secondary N) is 1. The van der Waals surface area contributed by atoms with Gasteiger partial charge in [-0.3, -0.25) is 4.79 Å². The Morgan fingerprint density at radius 1 is 1.04 bits per heavy atom. The Bertz CT molecular complexity index is 959. The zero-order valence-corrected chi connectivity index (χ0v) is 15.7. The van der Waals surface area contributed by atoms with Crippen LogP contribution in [-0.2, 0) is 0 Å². The highest BCUT2D eigenvalue weighted by Gasteiger charge is 2.18. The molecule has 0 aliphatic rings. The number of hydrogen-bond acceptors (Lipinski definition) is 4. The van der Waals surface area contributed by atoms with Crippen molar-refractivity contribution < 1.29 is 4.79 Å². The quantitative estimate of drug-likeness (QED) is 0.783. The molecule has 6 nitrogen and oxygen atoms in total. The van der Waals surface area contributed by atoms with Gasteiger partial charge in [-0.25, -0.2) is 0 Å². The van der Waals surface area contributed by atoms with Crippen molar-refractivity contribution in [1.82, 2.24) is 15.0 Å². The minimum atomic E-state index is -0.271. The van der Waals surface area contributed by atoms with E-state index >= 15 is 0 Å². The first-order chi connectivity index (χ1) is 12.4. The van der Waals surface area contributed by atoms with Crippen molar-refractivity contribution in [3.8, 4) is 5.69 Å². The van der Waals surface area contributed by atoms with E-state index in [2.05, 4.69) is 21.6 Å². The van der Waals surface area contributed by atoms with Crippen molar-refractivity contribution in [2.24, 2.45) is 0 Å². The van der Waals surface area contributed by atoms with Crippen LogP contribution in [0.15, 0.2) is 42.5 Å². The number of para-hydroxylation sites is 2. The van der Waals surface area contributed by atoms with E-state index in [-0.39, 0.29) is 5.91 Å². The molecule has 6 heteroatoms. The van der Waals surface area contributed by atoms with E-state index in [9.17, 15) is 4.79 Å². The average Bonchev–Trinajstić information content (AvgIpc) is 2.96. The monoisotopic (exact) mass is 349 g/mol. The van der Waals surface area contributed by atoms with E-state index in [1.54, 1.807) is 6.92 Å². The lowest BCUT2D eigenvalue weighted by Gasteiger charge is -2.17. The van der Waals surface area contributed by atoms with Gasteiger partial charge in [0.15, 0.2) is 5.69 Å². The first-order valence-electron chi connectivity index (χ1n) is 8.46. The van der Waals surface area contributed by atoms with Gasteiger partial charge >= 0.3 is 0 Å². The number of carbonyl (C=O) groups excluding carboxylic acids is 1. The van der Waals surface area contributed by atoms with Crippen molar-refractivity contribution in [3.63, 3.8) is 0 Å². The number of anilines is 2. The summed E-state index contributed by atoms with van der Waals surface area (Å²) in [7, 11) is 3.87. The van der Waals surface area contributed by atoms with Gasteiger partial charge in [0.05, 0.1) is 22.8 Å². The van der Waals surface area contributed by atoms with Gasteiger partial charge in [-0.2, -0.15) is 9.90 Å². The molecule has 0 fully saturated rings. The van der Waals surface area contributed by atoms with E-state index in [1.165, 1.54) is 10.4 Å². The first-order valence-corrected chi connectivity index (χ1v) is 8.46. The number of nitrogens with zero attached hydrogens (tertiary/aromatic N) is 4. The summed E-state index contributed by atoms with van der Waals surface area (Å²) in [5.74, 6) is -0.271. The van der Waals surface area contributed by atoms with Crippen LogP contribution >= 0.6 is 0 Å². The van der Waals surface area contributed by atoms with Crippen LogP contribution in [0.1, 0.15) is 27.3 Å². The van der Waals surface area contributed by atoms with Gasteiger partial charge in [-0.05, 0) is 44.5 Å². The topological polar surface area (TPSA) is 63.1 Å². The molecule has 1 aromatic heterocycles. The van der Waals surface area contributed by atoms with Crippen LogP contribution in [0, 0.1) is 20.8 Å². The van der Waals surface area contributed by atoms with Crippen molar-refractivity contribution in [3.05, 3.63) is 65.0 Å². The van der Waals surface area contributed by atoms with Crippen LogP contribution in [0.4, 0.5) is 11.4 Å². The largest absolute Gasteiger partial charge is 0.376 e. The minimum absolute atomic E-state index is 0.271. The molecular formula is C20H23N5O. The molecule has 0 bridgehead atoms. The van der Waals surface area contributed by atoms with Crippen LogP contribution in [0.5, 0.6) is 0 Å². The number of aryl methyl sites for hydroxylation is 3. The maximum atomic E-state index is 12.7. The third-order valence-electron chi connectivity index (χ3n) is 4.20. The number of carbonyl (C=O) groups is 1. The van der Waals surface area contributed by atoms with Gasteiger partial charge in [0.1, 0.15) is 0 Å². The Kier molecular flexibility index (Phi) is 4.75. The van der Waals surface area contributed by atoms with Gasteiger partial charge < -0.3 is 10.2 Å². The fourth-order valence-corrected chi connectivity index (χ4v) is 2.88. The minimum Gasteiger partial charge on any atom is -0.376 e. The zero-order chi connectivity index (χ0) is 18.8. The summed E-state index contributed by atoms with van der Waals surface area (Å²) in [4.78, 5) is 16.2. The Morgan fingerprint density at radius 2 is 1.77 bits per heavy atom. The molecule has 0 unspecified atom stereocenters. The van der Waals surface area contributed by atoms with Crippen LogP contribution < -0.4 is 10.2 Å². The van der Waals surface area contributed by atoms with Gasteiger partial charge in [-0.1, -0.05) is 29.8 Å². The van der Waals surface area contributed by atoms with E-state index in [4.69, 9.17) is 0 Å². The lowest BCUT2D eigenvalue weighted by molar-refractivity contribution is 0.102. The molecule has 26 heavy (non-hydrogen) atoms. The number of hydrogen-bond donors (Lipinski definition) is 1. The molecule has 3 aromatic rings. The molecule has 1 N–H and O–H groups in total. The Morgan fingerprint density at radius 3 is 2.46 bits per heavy atom. The summed E-state index contributed by atoms with van der Waals surface area (Å²) in [6.07, 6.45) is 0. The number of benzene rings is 2. The lowest BCUT2D eigenvalue weighted by Crippen LogP contribution is -2.18. The molecule has 1 amide bonds. The molecule has 134 valence electrons. The summed E-state index contributed by atoms with van der Waals surface area (Å²) in [5, 5.41) is 11.8. The number of amides is 1. The smallest absolute Gasteiger partial charge is 0.278 e. The van der Waals surface area contributed by atoms with Crippen molar-refractivity contribution in [2.45, 2.75) is 20.8 Å². The fourth-order valence-electron chi connectivity index (χ4n) is 2.88.